The molecule has 1 aromatic rings. The zero-order chi connectivity index (χ0) is 13.1. The maximum Gasteiger partial charge on any atom is 0.120 e. The molecule has 0 atom stereocenters. The molecule has 0 aliphatic rings. The summed E-state index contributed by atoms with van der Waals surface area (Å²) in [5.41, 5.74) is 1.24. The molecule has 94 valence electrons. The molecule has 0 aromatic heterocycles. The Kier molecular flexibility index (Phi) is 4.03. The van der Waals surface area contributed by atoms with Crippen LogP contribution >= 0.6 is 0 Å². The molecule has 1 heteroatoms. The van der Waals surface area contributed by atoms with Crippen molar-refractivity contribution >= 4 is 6.08 Å². The van der Waals surface area contributed by atoms with E-state index in [-0.39, 0.29) is 11.0 Å². The van der Waals surface area contributed by atoms with E-state index in [2.05, 4.69) is 41.2 Å². The maximum absolute atomic E-state index is 6.04. The smallest absolute Gasteiger partial charge is 0.120 e. The van der Waals surface area contributed by atoms with Crippen LogP contribution in [0.1, 0.15) is 46.6 Å². The number of benzene rings is 1. The van der Waals surface area contributed by atoms with Crippen molar-refractivity contribution in [2.45, 2.75) is 46.6 Å². The maximum atomic E-state index is 6.04. The summed E-state index contributed by atoms with van der Waals surface area (Å²) in [6.07, 6.45) is 2.85. The first-order valence-corrected chi connectivity index (χ1v) is 6.13. The van der Waals surface area contributed by atoms with Gasteiger partial charge in [-0.15, -0.1) is 0 Å². The number of rotatable bonds is 4. The quantitative estimate of drug-likeness (QED) is 0.715. The SMILES string of the molecule is C=Cc1ccc(OC(C)(C)CC(C)(C)C)cc1. The highest BCUT2D eigenvalue weighted by molar-refractivity contribution is 5.48. The van der Waals surface area contributed by atoms with Gasteiger partial charge in [-0.2, -0.15) is 0 Å². The average molecular weight is 232 g/mol. The van der Waals surface area contributed by atoms with Crippen molar-refractivity contribution < 1.29 is 4.74 Å². The Labute approximate surface area is 106 Å². The van der Waals surface area contributed by atoms with E-state index in [0.717, 1.165) is 17.7 Å². The van der Waals surface area contributed by atoms with E-state index in [1.165, 1.54) is 0 Å². The van der Waals surface area contributed by atoms with Crippen LogP contribution in [-0.2, 0) is 0 Å². The molecular weight excluding hydrogens is 208 g/mol. The molecule has 1 aromatic carbocycles. The van der Waals surface area contributed by atoms with Crippen LogP contribution in [0.5, 0.6) is 5.75 Å². The van der Waals surface area contributed by atoms with Crippen LogP contribution in [0.15, 0.2) is 30.8 Å². The van der Waals surface area contributed by atoms with E-state index in [1.54, 1.807) is 0 Å². The molecule has 1 nitrogen and oxygen atoms in total. The van der Waals surface area contributed by atoms with Crippen molar-refractivity contribution in [2.24, 2.45) is 5.41 Å². The molecule has 0 bridgehead atoms. The third kappa shape index (κ3) is 5.08. The van der Waals surface area contributed by atoms with Gasteiger partial charge in [-0.25, -0.2) is 0 Å². The minimum Gasteiger partial charge on any atom is -0.488 e. The normalized spacial score (nSPS) is 12.3. The van der Waals surface area contributed by atoms with Gasteiger partial charge in [-0.1, -0.05) is 45.6 Å². The first kappa shape index (κ1) is 13.8. The predicted octanol–water partition coefficient (Wildman–Crippen LogP) is 4.92. The summed E-state index contributed by atoms with van der Waals surface area (Å²) in [5, 5.41) is 0. The van der Waals surface area contributed by atoms with Gasteiger partial charge in [0, 0.05) is 0 Å². The fourth-order valence-electron chi connectivity index (χ4n) is 2.30. The topological polar surface area (TPSA) is 9.23 Å². The van der Waals surface area contributed by atoms with E-state index in [4.69, 9.17) is 4.74 Å². The molecule has 0 amide bonds. The minimum atomic E-state index is -0.145. The molecule has 0 unspecified atom stereocenters. The molecule has 0 fully saturated rings. The van der Waals surface area contributed by atoms with Gasteiger partial charge in [0.15, 0.2) is 0 Å². The van der Waals surface area contributed by atoms with E-state index in [0.29, 0.717) is 0 Å². The summed E-state index contributed by atoms with van der Waals surface area (Å²) < 4.78 is 6.04. The Morgan fingerprint density at radius 1 is 1.06 bits per heavy atom. The van der Waals surface area contributed by atoms with E-state index in [1.807, 2.05) is 30.3 Å². The third-order valence-corrected chi connectivity index (χ3v) is 2.47. The van der Waals surface area contributed by atoms with Crippen molar-refractivity contribution in [1.29, 1.82) is 0 Å². The van der Waals surface area contributed by atoms with Gasteiger partial charge in [0.1, 0.15) is 11.4 Å². The molecule has 0 radical (unpaired) electrons. The van der Waals surface area contributed by atoms with Crippen LogP contribution in [0.3, 0.4) is 0 Å². The zero-order valence-corrected chi connectivity index (χ0v) is 11.7. The van der Waals surface area contributed by atoms with Crippen molar-refractivity contribution in [3.63, 3.8) is 0 Å². The fourth-order valence-corrected chi connectivity index (χ4v) is 2.30. The Hall–Kier alpha value is -1.24. The summed E-state index contributed by atoms with van der Waals surface area (Å²) >= 11 is 0. The second-order valence-corrected chi connectivity index (χ2v) is 6.37. The van der Waals surface area contributed by atoms with E-state index in [9.17, 15) is 0 Å². The van der Waals surface area contributed by atoms with Gasteiger partial charge in [-0.05, 0) is 43.4 Å². The lowest BCUT2D eigenvalue weighted by Crippen LogP contribution is -2.33. The third-order valence-electron chi connectivity index (χ3n) is 2.47. The molecule has 0 heterocycles. The lowest BCUT2D eigenvalue weighted by molar-refractivity contribution is 0.0622. The van der Waals surface area contributed by atoms with E-state index < -0.39 is 0 Å². The molecule has 0 saturated carbocycles. The summed E-state index contributed by atoms with van der Waals surface area (Å²) in [5.74, 6) is 0.921. The van der Waals surface area contributed by atoms with Crippen molar-refractivity contribution in [3.05, 3.63) is 36.4 Å². The molecule has 0 aliphatic heterocycles. The van der Waals surface area contributed by atoms with Crippen molar-refractivity contribution in [1.82, 2.24) is 0 Å². The van der Waals surface area contributed by atoms with Gasteiger partial charge < -0.3 is 4.74 Å². The zero-order valence-electron chi connectivity index (χ0n) is 11.7. The highest BCUT2D eigenvalue weighted by Crippen LogP contribution is 2.30. The fraction of sp³-hybridized carbons (Fsp3) is 0.500. The second-order valence-electron chi connectivity index (χ2n) is 6.37. The van der Waals surface area contributed by atoms with Crippen molar-refractivity contribution in [3.8, 4) is 5.75 Å². The van der Waals surface area contributed by atoms with Gasteiger partial charge in [0.05, 0.1) is 0 Å². The molecular formula is C16H24O. The highest BCUT2D eigenvalue weighted by Gasteiger charge is 2.27. The van der Waals surface area contributed by atoms with Crippen LogP contribution in [0.2, 0.25) is 0 Å². The Bertz CT molecular complexity index is 366. The minimum absolute atomic E-state index is 0.145. The van der Waals surface area contributed by atoms with Gasteiger partial charge in [0.2, 0.25) is 0 Å². The largest absolute Gasteiger partial charge is 0.488 e. The summed E-state index contributed by atoms with van der Waals surface area (Å²) in [6, 6.07) is 8.05. The molecule has 17 heavy (non-hydrogen) atoms. The van der Waals surface area contributed by atoms with Crippen molar-refractivity contribution in [2.75, 3.05) is 0 Å². The summed E-state index contributed by atoms with van der Waals surface area (Å²) in [6.45, 7) is 14.7. The first-order valence-electron chi connectivity index (χ1n) is 6.13. The van der Waals surface area contributed by atoms with Crippen LogP contribution in [0.25, 0.3) is 6.08 Å². The summed E-state index contributed by atoms with van der Waals surface area (Å²) in [4.78, 5) is 0. The second kappa shape index (κ2) is 4.95. The summed E-state index contributed by atoms with van der Waals surface area (Å²) in [7, 11) is 0. The number of hydrogen-bond donors (Lipinski definition) is 0. The van der Waals surface area contributed by atoms with Crippen LogP contribution in [0, 0.1) is 5.41 Å². The number of ether oxygens (including phenoxy) is 1. The lowest BCUT2D eigenvalue weighted by atomic mass is 9.83. The van der Waals surface area contributed by atoms with Crippen LogP contribution in [-0.4, -0.2) is 5.60 Å². The monoisotopic (exact) mass is 232 g/mol. The Morgan fingerprint density at radius 2 is 1.59 bits per heavy atom. The standard InChI is InChI=1S/C16H24O/c1-7-13-8-10-14(11-9-13)17-16(5,6)12-15(2,3)4/h7-11H,1,12H2,2-6H3. The molecule has 0 aliphatic carbocycles. The molecule has 0 spiro atoms. The number of hydrogen-bond acceptors (Lipinski definition) is 1. The lowest BCUT2D eigenvalue weighted by Gasteiger charge is -2.33. The molecule has 1 rings (SSSR count). The average Bonchev–Trinajstić information content (AvgIpc) is 2.14. The Balaban J connectivity index is 2.72. The van der Waals surface area contributed by atoms with Crippen LogP contribution < -0.4 is 4.74 Å². The predicted molar refractivity (Wildman–Crippen MR) is 75.3 cm³/mol. The molecule has 0 saturated heterocycles. The van der Waals surface area contributed by atoms with Gasteiger partial charge in [0.25, 0.3) is 0 Å². The first-order chi connectivity index (χ1) is 7.72. The van der Waals surface area contributed by atoms with Gasteiger partial charge in [-0.3, -0.25) is 0 Å². The molecule has 0 N–H and O–H groups in total. The Morgan fingerprint density at radius 3 is 2.00 bits per heavy atom. The van der Waals surface area contributed by atoms with Gasteiger partial charge >= 0.3 is 0 Å². The van der Waals surface area contributed by atoms with Crippen LogP contribution in [0.4, 0.5) is 0 Å². The highest BCUT2D eigenvalue weighted by atomic mass is 16.5. The van der Waals surface area contributed by atoms with E-state index >= 15 is 0 Å².